The van der Waals surface area contributed by atoms with E-state index in [1.165, 1.54) is 20.0 Å². The van der Waals surface area contributed by atoms with E-state index < -0.39 is 5.97 Å². The van der Waals surface area contributed by atoms with Gasteiger partial charge in [-0.05, 0) is 31.5 Å². The smallest absolute Gasteiger partial charge is 0.356 e. The third kappa shape index (κ3) is 2.98. The number of likely N-dealkylation sites (N-methyl/N-ethyl adjacent to an activating group) is 1. The van der Waals surface area contributed by atoms with Gasteiger partial charge in [0.2, 0.25) is 0 Å². The second kappa shape index (κ2) is 5.82. The number of nitrogens with zero attached hydrogens (tertiary/aromatic N) is 2. The molecule has 0 spiro atoms. The molecule has 1 fully saturated rings. The summed E-state index contributed by atoms with van der Waals surface area (Å²) in [5, 5.41) is 3.46. The van der Waals surface area contributed by atoms with Crippen molar-refractivity contribution in [3.63, 3.8) is 0 Å². The van der Waals surface area contributed by atoms with E-state index in [-0.39, 0.29) is 0 Å². The molecule has 1 aromatic heterocycles. The van der Waals surface area contributed by atoms with Crippen LogP contribution >= 0.6 is 0 Å². The van der Waals surface area contributed by atoms with Gasteiger partial charge in [-0.1, -0.05) is 0 Å². The Morgan fingerprint density at radius 1 is 1.67 bits per heavy atom. The molecule has 98 valence electrons. The van der Waals surface area contributed by atoms with Crippen molar-refractivity contribution in [1.82, 2.24) is 10.3 Å². The van der Waals surface area contributed by atoms with Gasteiger partial charge in [0, 0.05) is 31.5 Å². The van der Waals surface area contributed by atoms with Crippen molar-refractivity contribution < 1.29 is 9.53 Å². The van der Waals surface area contributed by atoms with Crippen LogP contribution in [-0.2, 0) is 4.74 Å². The molecule has 1 saturated heterocycles. The van der Waals surface area contributed by atoms with Gasteiger partial charge in [-0.15, -0.1) is 0 Å². The van der Waals surface area contributed by atoms with Crippen LogP contribution in [0.4, 0.5) is 5.69 Å². The van der Waals surface area contributed by atoms with Crippen molar-refractivity contribution in [3.8, 4) is 0 Å². The largest absolute Gasteiger partial charge is 0.464 e. The molecule has 2 rings (SSSR count). The second-order valence-electron chi connectivity index (χ2n) is 4.56. The molecule has 1 aliphatic heterocycles. The van der Waals surface area contributed by atoms with Gasteiger partial charge < -0.3 is 15.0 Å². The van der Waals surface area contributed by atoms with Crippen molar-refractivity contribution in [2.24, 2.45) is 0 Å². The van der Waals surface area contributed by atoms with Gasteiger partial charge in [0.15, 0.2) is 0 Å². The van der Waals surface area contributed by atoms with Gasteiger partial charge >= 0.3 is 5.97 Å². The van der Waals surface area contributed by atoms with Crippen LogP contribution in [0.15, 0.2) is 18.3 Å². The third-order valence-electron chi connectivity index (χ3n) is 3.24. The zero-order valence-electron chi connectivity index (χ0n) is 10.8. The van der Waals surface area contributed by atoms with Crippen molar-refractivity contribution in [1.29, 1.82) is 0 Å². The first-order valence-electron chi connectivity index (χ1n) is 6.19. The van der Waals surface area contributed by atoms with Crippen LogP contribution in [0.2, 0.25) is 0 Å². The lowest BCUT2D eigenvalue weighted by Crippen LogP contribution is -2.35. The summed E-state index contributed by atoms with van der Waals surface area (Å²) >= 11 is 0. The Morgan fingerprint density at radius 2 is 2.50 bits per heavy atom. The van der Waals surface area contributed by atoms with E-state index in [4.69, 9.17) is 0 Å². The van der Waals surface area contributed by atoms with Gasteiger partial charge in [0.05, 0.1) is 7.11 Å². The van der Waals surface area contributed by atoms with Gasteiger partial charge in [-0.2, -0.15) is 0 Å². The summed E-state index contributed by atoms with van der Waals surface area (Å²) < 4.78 is 4.67. The molecule has 1 aromatic rings. The van der Waals surface area contributed by atoms with E-state index in [0.717, 1.165) is 18.8 Å². The van der Waals surface area contributed by atoms with Crippen LogP contribution in [0.3, 0.4) is 0 Å². The molecule has 1 aliphatic rings. The number of ether oxygens (including phenoxy) is 1. The number of carbonyl (C=O) groups is 1. The predicted octanol–water partition coefficient (Wildman–Crippen LogP) is 1.06. The molecule has 0 saturated carbocycles. The number of carbonyl (C=O) groups excluding carboxylic acids is 1. The Bertz CT molecular complexity index is 416. The van der Waals surface area contributed by atoms with Crippen molar-refractivity contribution in [3.05, 3.63) is 24.0 Å². The van der Waals surface area contributed by atoms with E-state index in [2.05, 4.69) is 19.9 Å². The highest BCUT2D eigenvalue weighted by molar-refractivity contribution is 5.88. The quantitative estimate of drug-likeness (QED) is 0.809. The summed E-state index contributed by atoms with van der Waals surface area (Å²) in [5.74, 6) is -0.399. The summed E-state index contributed by atoms with van der Waals surface area (Å²) in [6.07, 6.45) is 4.09. The maximum absolute atomic E-state index is 11.4. The van der Waals surface area contributed by atoms with Crippen molar-refractivity contribution >= 4 is 11.7 Å². The Labute approximate surface area is 107 Å². The van der Waals surface area contributed by atoms with Gasteiger partial charge in [-0.3, -0.25) is 0 Å². The topological polar surface area (TPSA) is 54.5 Å². The van der Waals surface area contributed by atoms with Crippen LogP contribution in [0.5, 0.6) is 0 Å². The Balaban J connectivity index is 2.04. The van der Waals surface area contributed by atoms with Gasteiger partial charge in [0.1, 0.15) is 5.69 Å². The standard InChI is InChI=1S/C13H19N3O2/c1-16(9-10-4-3-6-14-10)11-5-7-15-12(8-11)13(17)18-2/h5,7-8,10,14H,3-4,6,9H2,1-2H3. The first-order chi connectivity index (χ1) is 8.70. The highest BCUT2D eigenvalue weighted by atomic mass is 16.5. The van der Waals surface area contributed by atoms with E-state index in [1.807, 2.05) is 13.1 Å². The summed E-state index contributed by atoms with van der Waals surface area (Å²) in [7, 11) is 3.39. The van der Waals surface area contributed by atoms with Crippen LogP contribution in [-0.4, -0.2) is 44.2 Å². The second-order valence-corrected chi connectivity index (χ2v) is 4.56. The zero-order chi connectivity index (χ0) is 13.0. The summed E-state index contributed by atoms with van der Waals surface area (Å²) in [6, 6.07) is 4.20. The molecule has 1 unspecified atom stereocenters. The highest BCUT2D eigenvalue weighted by Crippen LogP contribution is 2.16. The molecule has 0 aromatic carbocycles. The van der Waals surface area contributed by atoms with E-state index in [9.17, 15) is 4.79 Å². The van der Waals surface area contributed by atoms with Crippen LogP contribution in [0.1, 0.15) is 23.3 Å². The molecule has 0 aliphatic carbocycles. The molecule has 5 heteroatoms. The molecular weight excluding hydrogens is 230 g/mol. The minimum atomic E-state index is -0.399. The molecule has 1 N–H and O–H groups in total. The van der Waals surface area contributed by atoms with Crippen LogP contribution < -0.4 is 10.2 Å². The van der Waals surface area contributed by atoms with E-state index in [1.54, 1.807) is 12.3 Å². The maximum Gasteiger partial charge on any atom is 0.356 e. The van der Waals surface area contributed by atoms with E-state index in [0.29, 0.717) is 11.7 Å². The van der Waals surface area contributed by atoms with Crippen LogP contribution in [0.25, 0.3) is 0 Å². The maximum atomic E-state index is 11.4. The van der Waals surface area contributed by atoms with E-state index >= 15 is 0 Å². The predicted molar refractivity (Wildman–Crippen MR) is 69.9 cm³/mol. The molecule has 0 radical (unpaired) electrons. The number of hydrogen-bond acceptors (Lipinski definition) is 5. The lowest BCUT2D eigenvalue weighted by Gasteiger charge is -2.23. The zero-order valence-corrected chi connectivity index (χ0v) is 10.8. The number of hydrogen-bond donors (Lipinski definition) is 1. The number of methoxy groups -OCH3 is 1. The van der Waals surface area contributed by atoms with Crippen molar-refractivity contribution in [2.45, 2.75) is 18.9 Å². The molecule has 0 bridgehead atoms. The fourth-order valence-corrected chi connectivity index (χ4v) is 2.22. The minimum Gasteiger partial charge on any atom is -0.464 e. The minimum absolute atomic E-state index is 0.348. The lowest BCUT2D eigenvalue weighted by molar-refractivity contribution is 0.0594. The normalized spacial score (nSPS) is 18.7. The monoisotopic (exact) mass is 249 g/mol. The third-order valence-corrected chi connectivity index (χ3v) is 3.24. The first-order valence-corrected chi connectivity index (χ1v) is 6.19. The molecule has 18 heavy (non-hydrogen) atoms. The fourth-order valence-electron chi connectivity index (χ4n) is 2.22. The SMILES string of the molecule is COC(=O)c1cc(N(C)CC2CCCN2)ccn1. The fraction of sp³-hybridized carbons (Fsp3) is 0.538. The Morgan fingerprint density at radius 3 is 3.17 bits per heavy atom. The molecule has 2 heterocycles. The molecular formula is C13H19N3O2. The Hall–Kier alpha value is -1.62. The Kier molecular flexibility index (Phi) is 4.15. The molecule has 0 amide bonds. The average molecular weight is 249 g/mol. The summed E-state index contributed by atoms with van der Waals surface area (Å²) in [4.78, 5) is 17.6. The number of esters is 1. The number of rotatable bonds is 4. The lowest BCUT2D eigenvalue weighted by atomic mass is 10.2. The van der Waals surface area contributed by atoms with Crippen LogP contribution in [0, 0.1) is 0 Å². The highest BCUT2D eigenvalue weighted by Gasteiger charge is 2.17. The molecule has 5 nitrogen and oxygen atoms in total. The number of anilines is 1. The van der Waals surface area contributed by atoms with Gasteiger partial charge in [0.25, 0.3) is 0 Å². The van der Waals surface area contributed by atoms with Crippen molar-refractivity contribution in [2.75, 3.05) is 32.1 Å². The number of nitrogens with one attached hydrogen (secondary N) is 1. The number of pyridine rings is 1. The summed E-state index contributed by atoms with van der Waals surface area (Å²) in [6.45, 7) is 2.03. The molecule has 1 atom stereocenters. The average Bonchev–Trinajstić information content (AvgIpc) is 2.90. The summed E-state index contributed by atoms with van der Waals surface area (Å²) in [5.41, 5.74) is 1.33. The van der Waals surface area contributed by atoms with Gasteiger partial charge in [-0.25, -0.2) is 9.78 Å². The number of aromatic nitrogens is 1. The first kappa shape index (κ1) is 12.8.